The number of ether oxygens (including phenoxy) is 2. The first kappa shape index (κ1) is 12.4. The van der Waals surface area contributed by atoms with E-state index in [1.165, 1.54) is 7.11 Å². The highest BCUT2D eigenvalue weighted by Crippen LogP contribution is 2.35. The summed E-state index contributed by atoms with van der Waals surface area (Å²) in [5.74, 6) is 0. The molecule has 2 N–H and O–H groups in total. The summed E-state index contributed by atoms with van der Waals surface area (Å²) in [4.78, 5) is 27.3. The maximum absolute atomic E-state index is 10.4. The van der Waals surface area contributed by atoms with E-state index in [-0.39, 0.29) is 12.8 Å². The van der Waals surface area contributed by atoms with Crippen molar-refractivity contribution in [1.82, 2.24) is 0 Å². The van der Waals surface area contributed by atoms with Crippen LogP contribution in [-0.2, 0) is 14.0 Å². The number of methoxy groups -OCH3 is 1. The Morgan fingerprint density at radius 1 is 1.38 bits per heavy atom. The van der Waals surface area contributed by atoms with Crippen LogP contribution in [0.3, 0.4) is 0 Å². The van der Waals surface area contributed by atoms with E-state index in [0.717, 1.165) is 0 Å². The van der Waals surface area contributed by atoms with E-state index in [0.29, 0.717) is 12.8 Å². The predicted octanol–water partition coefficient (Wildman–Crippen LogP) is 0.727. The molecule has 0 aliphatic heterocycles. The highest BCUT2D eigenvalue weighted by atomic mass is 31.2. The average molecular weight is 212 g/mol. The Hall–Kier alpha value is -0.580. The normalized spacial score (nSPS) is 11.0. The zero-order chi connectivity index (χ0) is 10.3. The Bertz CT molecular complexity index is 197. The molecule has 0 amide bonds. The molecule has 13 heavy (non-hydrogen) atoms. The zero-order valence-corrected chi connectivity index (χ0v) is 8.20. The molecule has 0 heterocycles. The van der Waals surface area contributed by atoms with Crippen LogP contribution in [0.5, 0.6) is 0 Å². The SMILES string of the molecule is COC(=O)OCCCCP(=O)(O)O. The minimum atomic E-state index is -3.91. The van der Waals surface area contributed by atoms with E-state index in [1.807, 2.05) is 0 Å². The molecule has 7 heteroatoms. The van der Waals surface area contributed by atoms with Crippen molar-refractivity contribution >= 4 is 13.8 Å². The lowest BCUT2D eigenvalue weighted by Crippen LogP contribution is -2.05. The second-order valence-electron chi connectivity index (χ2n) is 2.40. The summed E-state index contributed by atoms with van der Waals surface area (Å²) >= 11 is 0. The molecule has 0 atom stereocenters. The van der Waals surface area contributed by atoms with Gasteiger partial charge in [-0.1, -0.05) is 0 Å². The van der Waals surface area contributed by atoms with Gasteiger partial charge in [0.1, 0.15) is 0 Å². The van der Waals surface area contributed by atoms with Crippen molar-refractivity contribution in [1.29, 1.82) is 0 Å². The van der Waals surface area contributed by atoms with E-state index in [1.54, 1.807) is 0 Å². The number of hydrogen-bond donors (Lipinski definition) is 2. The second kappa shape index (κ2) is 5.96. The molecule has 0 aliphatic rings. The number of carbonyl (C=O) groups is 1. The zero-order valence-electron chi connectivity index (χ0n) is 7.30. The number of carbonyl (C=O) groups excluding carboxylic acids is 1. The lowest BCUT2D eigenvalue weighted by atomic mass is 10.4. The molecule has 0 aromatic carbocycles. The lowest BCUT2D eigenvalue weighted by molar-refractivity contribution is 0.0717. The standard InChI is InChI=1S/C6H13O6P/c1-11-6(7)12-4-2-3-5-13(8,9)10/h2-5H2,1H3,(H2,8,9,10). The summed E-state index contributed by atoms with van der Waals surface area (Å²) in [5, 5.41) is 0. The van der Waals surface area contributed by atoms with Gasteiger partial charge >= 0.3 is 13.8 Å². The van der Waals surface area contributed by atoms with Gasteiger partial charge in [-0.15, -0.1) is 0 Å². The number of unbranched alkanes of at least 4 members (excludes halogenated alkanes) is 1. The minimum absolute atomic E-state index is 0.118. The van der Waals surface area contributed by atoms with Crippen LogP contribution >= 0.6 is 7.60 Å². The van der Waals surface area contributed by atoms with E-state index < -0.39 is 13.8 Å². The summed E-state index contributed by atoms with van der Waals surface area (Å²) in [6.07, 6.45) is -0.227. The van der Waals surface area contributed by atoms with Gasteiger partial charge in [-0.2, -0.15) is 0 Å². The summed E-state index contributed by atoms with van der Waals surface area (Å²) in [7, 11) is -2.72. The fraction of sp³-hybridized carbons (Fsp3) is 0.833. The molecule has 0 aromatic heterocycles. The van der Waals surface area contributed by atoms with Crippen LogP contribution in [-0.4, -0.2) is 35.8 Å². The van der Waals surface area contributed by atoms with Gasteiger partial charge in [0.2, 0.25) is 0 Å². The molecular weight excluding hydrogens is 199 g/mol. The summed E-state index contributed by atoms with van der Waals surface area (Å²) in [6, 6.07) is 0. The largest absolute Gasteiger partial charge is 0.507 e. The van der Waals surface area contributed by atoms with Gasteiger partial charge in [0.05, 0.1) is 13.7 Å². The first-order valence-electron chi connectivity index (χ1n) is 3.71. The third-order valence-electron chi connectivity index (χ3n) is 1.23. The summed E-state index contributed by atoms with van der Waals surface area (Å²) in [6.45, 7) is 0.118. The summed E-state index contributed by atoms with van der Waals surface area (Å²) < 4.78 is 19.0. The fourth-order valence-corrected chi connectivity index (χ4v) is 1.27. The van der Waals surface area contributed by atoms with Gasteiger partial charge < -0.3 is 19.3 Å². The Kier molecular flexibility index (Phi) is 5.70. The molecule has 0 radical (unpaired) electrons. The van der Waals surface area contributed by atoms with Gasteiger partial charge in [-0.05, 0) is 12.8 Å². The molecular formula is C6H13O6P. The first-order chi connectivity index (χ1) is 5.95. The molecule has 6 nitrogen and oxygen atoms in total. The molecule has 0 bridgehead atoms. The molecule has 0 aliphatic carbocycles. The molecule has 0 saturated heterocycles. The molecule has 0 rings (SSSR count). The van der Waals surface area contributed by atoms with Gasteiger partial charge in [0.15, 0.2) is 0 Å². The highest BCUT2D eigenvalue weighted by molar-refractivity contribution is 7.51. The molecule has 0 fully saturated rings. The maximum atomic E-state index is 10.4. The molecule has 0 saturated carbocycles. The van der Waals surface area contributed by atoms with Crippen LogP contribution < -0.4 is 0 Å². The van der Waals surface area contributed by atoms with Crippen LogP contribution in [0.15, 0.2) is 0 Å². The van der Waals surface area contributed by atoms with Crippen LogP contribution in [0, 0.1) is 0 Å². The van der Waals surface area contributed by atoms with E-state index >= 15 is 0 Å². The van der Waals surface area contributed by atoms with Crippen LogP contribution in [0.2, 0.25) is 0 Å². The smallest absolute Gasteiger partial charge is 0.438 e. The van der Waals surface area contributed by atoms with Crippen LogP contribution in [0.1, 0.15) is 12.8 Å². The Balaban J connectivity index is 3.27. The molecule has 0 spiro atoms. The summed E-state index contributed by atoms with van der Waals surface area (Å²) in [5.41, 5.74) is 0. The van der Waals surface area contributed by atoms with E-state index in [4.69, 9.17) is 9.79 Å². The van der Waals surface area contributed by atoms with Crippen molar-refractivity contribution in [3.63, 3.8) is 0 Å². The Morgan fingerprint density at radius 2 is 2.00 bits per heavy atom. The minimum Gasteiger partial charge on any atom is -0.438 e. The van der Waals surface area contributed by atoms with Crippen molar-refractivity contribution in [3.8, 4) is 0 Å². The quantitative estimate of drug-likeness (QED) is 0.396. The highest BCUT2D eigenvalue weighted by Gasteiger charge is 2.11. The van der Waals surface area contributed by atoms with Gasteiger partial charge in [0, 0.05) is 6.16 Å². The average Bonchev–Trinajstić information content (AvgIpc) is 2.01. The lowest BCUT2D eigenvalue weighted by Gasteiger charge is -2.04. The van der Waals surface area contributed by atoms with Crippen molar-refractivity contribution in [2.45, 2.75) is 12.8 Å². The maximum Gasteiger partial charge on any atom is 0.507 e. The van der Waals surface area contributed by atoms with E-state index in [9.17, 15) is 9.36 Å². The van der Waals surface area contributed by atoms with Crippen LogP contribution in [0.25, 0.3) is 0 Å². The number of hydrogen-bond acceptors (Lipinski definition) is 4. The van der Waals surface area contributed by atoms with Crippen LogP contribution in [0.4, 0.5) is 4.79 Å². The van der Waals surface area contributed by atoms with Crippen molar-refractivity contribution in [2.24, 2.45) is 0 Å². The van der Waals surface area contributed by atoms with E-state index in [2.05, 4.69) is 9.47 Å². The van der Waals surface area contributed by atoms with Crippen molar-refractivity contribution < 1.29 is 28.6 Å². The Morgan fingerprint density at radius 3 is 2.46 bits per heavy atom. The molecule has 78 valence electrons. The topological polar surface area (TPSA) is 93.1 Å². The molecule has 0 unspecified atom stereocenters. The monoisotopic (exact) mass is 212 g/mol. The first-order valence-corrected chi connectivity index (χ1v) is 5.51. The van der Waals surface area contributed by atoms with Gasteiger partial charge in [0.25, 0.3) is 0 Å². The second-order valence-corrected chi connectivity index (χ2v) is 4.17. The third kappa shape index (κ3) is 9.33. The molecule has 0 aromatic rings. The Labute approximate surface area is 76.0 Å². The third-order valence-corrected chi connectivity index (χ3v) is 2.13. The van der Waals surface area contributed by atoms with Crippen molar-refractivity contribution in [2.75, 3.05) is 19.9 Å². The van der Waals surface area contributed by atoms with Crippen molar-refractivity contribution in [3.05, 3.63) is 0 Å². The fourth-order valence-electron chi connectivity index (χ4n) is 0.634. The van der Waals surface area contributed by atoms with Gasteiger partial charge in [-0.25, -0.2) is 4.79 Å². The predicted molar refractivity (Wildman–Crippen MR) is 44.5 cm³/mol. The number of rotatable bonds is 5. The van der Waals surface area contributed by atoms with Gasteiger partial charge in [-0.3, -0.25) is 4.57 Å².